The fourth-order valence-electron chi connectivity index (χ4n) is 3.29. The van der Waals surface area contributed by atoms with Gasteiger partial charge in [-0.15, -0.1) is 0 Å². The minimum Gasteiger partial charge on any atom is -0.455 e. The lowest BCUT2D eigenvalue weighted by molar-refractivity contribution is 0.0696. The fourth-order valence-corrected chi connectivity index (χ4v) is 3.29. The van der Waals surface area contributed by atoms with Gasteiger partial charge in [0.2, 0.25) is 5.95 Å². The molecule has 0 saturated carbocycles. The molecule has 0 radical (unpaired) electrons. The highest BCUT2D eigenvalue weighted by Crippen LogP contribution is 2.30. The first-order chi connectivity index (χ1) is 14.2. The van der Waals surface area contributed by atoms with Gasteiger partial charge in [0.15, 0.2) is 5.75 Å². The van der Waals surface area contributed by atoms with E-state index >= 15 is 0 Å². The third-order valence-electron chi connectivity index (χ3n) is 5.07. The molecule has 0 atom stereocenters. The van der Waals surface area contributed by atoms with Gasteiger partial charge in [-0.2, -0.15) is 0 Å². The lowest BCUT2D eigenvalue weighted by Crippen LogP contribution is -2.38. The first-order valence-corrected chi connectivity index (χ1v) is 9.89. The third kappa shape index (κ3) is 4.71. The number of nitrogens with one attached hydrogen (secondary N) is 1. The number of nitrogens with zero attached hydrogens (tertiary/aromatic N) is 3. The molecule has 4 rings (SSSR count). The average molecular weight is 388 g/mol. The zero-order chi connectivity index (χ0) is 20.1. The second kappa shape index (κ2) is 8.73. The smallest absolute Gasteiger partial charge is 0.256 e. The van der Waals surface area contributed by atoms with Crippen LogP contribution in [-0.4, -0.2) is 33.9 Å². The minimum atomic E-state index is -0.00346. The quantitative estimate of drug-likeness (QED) is 0.674. The van der Waals surface area contributed by atoms with Crippen LogP contribution in [0.4, 0.5) is 11.6 Å². The summed E-state index contributed by atoms with van der Waals surface area (Å²) in [5, 5.41) is 3.17. The lowest BCUT2D eigenvalue weighted by atomic mass is 9.99. The molecule has 0 spiro atoms. The van der Waals surface area contributed by atoms with Gasteiger partial charge < -0.3 is 15.0 Å². The van der Waals surface area contributed by atoms with E-state index in [-0.39, 0.29) is 5.91 Å². The van der Waals surface area contributed by atoms with Gasteiger partial charge in [-0.3, -0.25) is 4.79 Å². The van der Waals surface area contributed by atoms with Crippen molar-refractivity contribution in [2.45, 2.75) is 19.8 Å². The van der Waals surface area contributed by atoms with Crippen LogP contribution in [0.25, 0.3) is 0 Å². The van der Waals surface area contributed by atoms with Crippen molar-refractivity contribution in [2.75, 3.05) is 18.4 Å². The molecule has 1 fully saturated rings. The number of anilines is 2. The molecule has 0 bridgehead atoms. The molecule has 29 heavy (non-hydrogen) atoms. The maximum absolute atomic E-state index is 12.6. The van der Waals surface area contributed by atoms with Crippen LogP contribution >= 0.6 is 0 Å². The number of rotatable bonds is 5. The largest absolute Gasteiger partial charge is 0.455 e. The van der Waals surface area contributed by atoms with Gasteiger partial charge in [0.25, 0.3) is 5.91 Å². The van der Waals surface area contributed by atoms with Gasteiger partial charge in [0, 0.05) is 25.5 Å². The summed E-state index contributed by atoms with van der Waals surface area (Å²) in [6.45, 7) is 3.82. The van der Waals surface area contributed by atoms with E-state index in [0.717, 1.165) is 37.4 Å². The van der Waals surface area contributed by atoms with Crippen molar-refractivity contribution in [2.24, 2.45) is 5.92 Å². The zero-order valence-electron chi connectivity index (χ0n) is 16.4. The van der Waals surface area contributed by atoms with Crippen molar-refractivity contribution in [3.05, 3.63) is 72.6 Å². The highest BCUT2D eigenvalue weighted by molar-refractivity contribution is 5.93. The molecule has 1 amide bonds. The van der Waals surface area contributed by atoms with Crippen LogP contribution < -0.4 is 10.1 Å². The Morgan fingerprint density at radius 1 is 1.00 bits per heavy atom. The Balaban J connectivity index is 1.45. The maximum atomic E-state index is 12.6. The van der Waals surface area contributed by atoms with E-state index < -0.39 is 0 Å². The van der Waals surface area contributed by atoms with Crippen LogP contribution in [0.15, 0.2) is 67.0 Å². The van der Waals surface area contributed by atoms with Gasteiger partial charge in [0.05, 0.1) is 11.3 Å². The number of ether oxygens (including phenoxy) is 1. The van der Waals surface area contributed by atoms with E-state index in [0.29, 0.717) is 23.2 Å². The van der Waals surface area contributed by atoms with Crippen molar-refractivity contribution in [1.29, 1.82) is 0 Å². The summed E-state index contributed by atoms with van der Waals surface area (Å²) in [5.74, 6) is 2.51. The van der Waals surface area contributed by atoms with Crippen LogP contribution in [0.3, 0.4) is 0 Å². The second-order valence-electron chi connectivity index (χ2n) is 7.31. The summed E-state index contributed by atoms with van der Waals surface area (Å²) in [5.41, 5.74) is 1.26. The fraction of sp³-hybridized carbons (Fsp3) is 0.261. The summed E-state index contributed by atoms with van der Waals surface area (Å²) in [6, 6.07) is 17.2. The van der Waals surface area contributed by atoms with Crippen LogP contribution in [-0.2, 0) is 0 Å². The summed E-state index contributed by atoms with van der Waals surface area (Å²) in [7, 11) is 0. The number of hydrogen-bond donors (Lipinski definition) is 1. The topological polar surface area (TPSA) is 67.4 Å². The van der Waals surface area contributed by atoms with E-state index in [2.05, 4.69) is 22.2 Å². The Labute approximate surface area is 170 Å². The van der Waals surface area contributed by atoms with Crippen LogP contribution in [0, 0.1) is 5.92 Å². The van der Waals surface area contributed by atoms with Crippen molar-refractivity contribution < 1.29 is 9.53 Å². The highest BCUT2D eigenvalue weighted by Gasteiger charge is 2.22. The Morgan fingerprint density at radius 2 is 1.66 bits per heavy atom. The molecule has 1 saturated heterocycles. The molecule has 3 aromatic rings. The number of para-hydroxylation sites is 3. The summed E-state index contributed by atoms with van der Waals surface area (Å²) >= 11 is 0. The number of hydrogen-bond acceptors (Lipinski definition) is 5. The lowest BCUT2D eigenvalue weighted by Gasteiger charge is -2.30. The zero-order valence-corrected chi connectivity index (χ0v) is 16.4. The molecule has 0 unspecified atom stereocenters. The third-order valence-corrected chi connectivity index (χ3v) is 5.07. The first kappa shape index (κ1) is 18.9. The Kier molecular flexibility index (Phi) is 5.70. The molecule has 1 aromatic heterocycles. The number of aromatic nitrogens is 2. The highest BCUT2D eigenvalue weighted by atomic mass is 16.5. The minimum absolute atomic E-state index is 0.00346. The number of likely N-dealkylation sites (tertiary alicyclic amines) is 1. The molecule has 1 N–H and O–H groups in total. The molecule has 2 aromatic carbocycles. The average Bonchev–Trinajstić information content (AvgIpc) is 2.76. The predicted octanol–water partition coefficient (Wildman–Crippen LogP) is 4.88. The standard InChI is InChI=1S/C23H24N4O2/c1-17-11-13-27(14-12-17)22(28)18-15-24-23(25-16-18)26-20-9-5-6-10-21(20)29-19-7-3-2-4-8-19/h2-10,15-17H,11-14H2,1H3,(H,24,25,26). The van der Waals surface area contributed by atoms with Gasteiger partial charge >= 0.3 is 0 Å². The first-order valence-electron chi connectivity index (χ1n) is 9.89. The summed E-state index contributed by atoms with van der Waals surface area (Å²) in [6.07, 6.45) is 5.25. The maximum Gasteiger partial charge on any atom is 0.256 e. The van der Waals surface area contributed by atoms with Crippen molar-refractivity contribution in [3.8, 4) is 11.5 Å². The molecule has 148 valence electrons. The normalized spacial score (nSPS) is 14.4. The van der Waals surface area contributed by atoms with E-state index in [4.69, 9.17) is 4.74 Å². The van der Waals surface area contributed by atoms with Crippen molar-refractivity contribution in [3.63, 3.8) is 0 Å². The van der Waals surface area contributed by atoms with Crippen LogP contribution in [0.1, 0.15) is 30.1 Å². The second-order valence-corrected chi connectivity index (χ2v) is 7.31. The Morgan fingerprint density at radius 3 is 2.38 bits per heavy atom. The molecule has 0 aliphatic carbocycles. The van der Waals surface area contributed by atoms with E-state index in [1.165, 1.54) is 0 Å². The van der Waals surface area contributed by atoms with Gasteiger partial charge in [0.1, 0.15) is 5.75 Å². The van der Waals surface area contributed by atoms with Gasteiger partial charge in [-0.05, 0) is 43.0 Å². The predicted molar refractivity (Wildman–Crippen MR) is 113 cm³/mol. The Bertz CT molecular complexity index is 952. The molecule has 6 nitrogen and oxygen atoms in total. The molecule has 1 aliphatic heterocycles. The number of carbonyl (C=O) groups is 1. The van der Waals surface area contributed by atoms with Gasteiger partial charge in [-0.25, -0.2) is 9.97 Å². The molecular formula is C23H24N4O2. The van der Waals surface area contributed by atoms with E-state index in [9.17, 15) is 4.79 Å². The SMILES string of the molecule is CC1CCN(C(=O)c2cnc(Nc3ccccc3Oc3ccccc3)nc2)CC1. The van der Waals surface area contributed by atoms with E-state index in [1.807, 2.05) is 59.5 Å². The molecular weight excluding hydrogens is 364 g/mol. The number of carbonyl (C=O) groups excluding carboxylic acids is 1. The van der Waals surface area contributed by atoms with Crippen LogP contribution in [0.2, 0.25) is 0 Å². The van der Waals surface area contributed by atoms with Gasteiger partial charge in [-0.1, -0.05) is 37.3 Å². The molecule has 1 aliphatic rings. The summed E-state index contributed by atoms with van der Waals surface area (Å²) < 4.78 is 5.95. The van der Waals surface area contributed by atoms with Crippen molar-refractivity contribution in [1.82, 2.24) is 14.9 Å². The monoisotopic (exact) mass is 388 g/mol. The number of piperidine rings is 1. The Hall–Kier alpha value is -3.41. The molecule has 6 heteroatoms. The van der Waals surface area contributed by atoms with Crippen LogP contribution in [0.5, 0.6) is 11.5 Å². The molecule has 2 heterocycles. The number of benzene rings is 2. The van der Waals surface area contributed by atoms with E-state index in [1.54, 1.807) is 12.4 Å². The van der Waals surface area contributed by atoms with Crippen molar-refractivity contribution >= 4 is 17.5 Å². The summed E-state index contributed by atoms with van der Waals surface area (Å²) in [4.78, 5) is 23.2. The number of amides is 1.